The minimum Gasteiger partial charge on any atom is -0.368 e. The number of amides is 2. The fourth-order valence-corrected chi connectivity index (χ4v) is 2.57. The van der Waals surface area contributed by atoms with Crippen molar-refractivity contribution in [2.45, 2.75) is 19.8 Å². The van der Waals surface area contributed by atoms with E-state index < -0.39 is 0 Å². The average Bonchev–Trinajstić information content (AvgIpc) is 2.48. The van der Waals surface area contributed by atoms with Gasteiger partial charge in [0, 0.05) is 42.9 Å². The number of nitrogens with one attached hydrogen (secondary N) is 1. The van der Waals surface area contributed by atoms with Gasteiger partial charge in [0.25, 0.3) is 0 Å². The molecule has 5 heteroatoms. The lowest BCUT2D eigenvalue weighted by molar-refractivity contribution is 0.194. The standard InChI is InChI=1S/C15H22BrN3O/c1-2-3-8-17-15(20)19-11-9-18(10-12-19)14-6-4-13(16)5-7-14/h4-7H,2-3,8-12H2,1H3,(H,17,20). The Morgan fingerprint density at radius 3 is 2.45 bits per heavy atom. The molecule has 0 radical (unpaired) electrons. The summed E-state index contributed by atoms with van der Waals surface area (Å²) in [6, 6.07) is 8.41. The number of anilines is 1. The van der Waals surface area contributed by atoms with Crippen molar-refractivity contribution >= 4 is 27.6 Å². The number of hydrogen-bond acceptors (Lipinski definition) is 2. The lowest BCUT2D eigenvalue weighted by Crippen LogP contribution is -2.52. The molecule has 1 N–H and O–H groups in total. The highest BCUT2D eigenvalue weighted by atomic mass is 79.9. The molecule has 2 amide bonds. The molecule has 1 heterocycles. The largest absolute Gasteiger partial charge is 0.368 e. The van der Waals surface area contributed by atoms with Crippen molar-refractivity contribution < 1.29 is 4.79 Å². The topological polar surface area (TPSA) is 35.6 Å². The molecular weight excluding hydrogens is 318 g/mol. The smallest absolute Gasteiger partial charge is 0.317 e. The maximum atomic E-state index is 12.0. The number of unbranched alkanes of at least 4 members (excludes halogenated alkanes) is 1. The number of hydrogen-bond donors (Lipinski definition) is 1. The summed E-state index contributed by atoms with van der Waals surface area (Å²) in [4.78, 5) is 16.2. The van der Waals surface area contributed by atoms with Gasteiger partial charge in [-0.2, -0.15) is 0 Å². The van der Waals surface area contributed by atoms with Crippen LogP contribution in [0.15, 0.2) is 28.7 Å². The molecule has 0 atom stereocenters. The molecule has 20 heavy (non-hydrogen) atoms. The van der Waals surface area contributed by atoms with Crippen LogP contribution < -0.4 is 10.2 Å². The number of carbonyl (C=O) groups excluding carboxylic acids is 1. The number of nitrogens with zero attached hydrogens (tertiary/aromatic N) is 2. The van der Waals surface area contributed by atoms with E-state index in [0.29, 0.717) is 0 Å². The maximum Gasteiger partial charge on any atom is 0.317 e. The highest BCUT2D eigenvalue weighted by Crippen LogP contribution is 2.19. The molecule has 1 aromatic rings. The fraction of sp³-hybridized carbons (Fsp3) is 0.533. The first-order valence-corrected chi connectivity index (χ1v) is 8.03. The van der Waals surface area contributed by atoms with Gasteiger partial charge in [-0.15, -0.1) is 0 Å². The van der Waals surface area contributed by atoms with E-state index >= 15 is 0 Å². The van der Waals surface area contributed by atoms with E-state index in [0.717, 1.165) is 50.0 Å². The van der Waals surface area contributed by atoms with Crippen molar-refractivity contribution in [3.63, 3.8) is 0 Å². The third kappa shape index (κ3) is 4.13. The quantitative estimate of drug-likeness (QED) is 0.855. The van der Waals surface area contributed by atoms with E-state index in [1.807, 2.05) is 4.90 Å². The first-order chi connectivity index (χ1) is 9.70. The lowest BCUT2D eigenvalue weighted by atomic mass is 10.2. The van der Waals surface area contributed by atoms with Crippen LogP contribution >= 0.6 is 15.9 Å². The summed E-state index contributed by atoms with van der Waals surface area (Å²) in [5.41, 5.74) is 1.22. The summed E-state index contributed by atoms with van der Waals surface area (Å²) in [5, 5.41) is 2.98. The monoisotopic (exact) mass is 339 g/mol. The summed E-state index contributed by atoms with van der Waals surface area (Å²) in [7, 11) is 0. The van der Waals surface area contributed by atoms with Crippen LogP contribution in [0.25, 0.3) is 0 Å². The van der Waals surface area contributed by atoms with Crippen LogP contribution in [-0.4, -0.2) is 43.7 Å². The Bertz CT molecular complexity index is 427. The van der Waals surface area contributed by atoms with E-state index in [1.165, 1.54) is 5.69 Å². The van der Waals surface area contributed by atoms with E-state index in [2.05, 4.69) is 57.3 Å². The third-order valence-corrected chi connectivity index (χ3v) is 4.09. The molecule has 4 nitrogen and oxygen atoms in total. The Labute approximate surface area is 129 Å². The first kappa shape index (κ1) is 15.2. The average molecular weight is 340 g/mol. The van der Waals surface area contributed by atoms with Crippen molar-refractivity contribution in [1.29, 1.82) is 0 Å². The Morgan fingerprint density at radius 1 is 1.20 bits per heavy atom. The maximum absolute atomic E-state index is 12.0. The Morgan fingerprint density at radius 2 is 1.85 bits per heavy atom. The van der Waals surface area contributed by atoms with Crippen LogP contribution in [0.2, 0.25) is 0 Å². The predicted molar refractivity (Wildman–Crippen MR) is 86.2 cm³/mol. The predicted octanol–water partition coefficient (Wildman–Crippen LogP) is 3.08. The number of piperazine rings is 1. The molecule has 0 bridgehead atoms. The zero-order chi connectivity index (χ0) is 14.4. The number of benzene rings is 1. The van der Waals surface area contributed by atoms with Gasteiger partial charge < -0.3 is 15.1 Å². The van der Waals surface area contributed by atoms with Gasteiger partial charge in [-0.1, -0.05) is 29.3 Å². The summed E-state index contributed by atoms with van der Waals surface area (Å²) in [5.74, 6) is 0. The molecule has 2 rings (SSSR count). The molecule has 1 aliphatic heterocycles. The lowest BCUT2D eigenvalue weighted by Gasteiger charge is -2.36. The zero-order valence-corrected chi connectivity index (χ0v) is 13.5. The molecule has 1 saturated heterocycles. The molecular formula is C15H22BrN3O. The third-order valence-electron chi connectivity index (χ3n) is 3.57. The molecule has 1 fully saturated rings. The molecule has 1 aromatic carbocycles. The summed E-state index contributed by atoms with van der Waals surface area (Å²) >= 11 is 3.45. The van der Waals surface area contributed by atoms with Crippen LogP contribution in [0, 0.1) is 0 Å². The van der Waals surface area contributed by atoms with E-state index in [-0.39, 0.29) is 6.03 Å². The van der Waals surface area contributed by atoms with Gasteiger partial charge in [0.05, 0.1) is 0 Å². The summed E-state index contributed by atoms with van der Waals surface area (Å²) in [6.45, 7) is 6.26. The highest BCUT2D eigenvalue weighted by Gasteiger charge is 2.20. The summed E-state index contributed by atoms with van der Waals surface area (Å²) in [6.07, 6.45) is 2.15. The highest BCUT2D eigenvalue weighted by molar-refractivity contribution is 9.10. The van der Waals surface area contributed by atoms with Gasteiger partial charge in [-0.3, -0.25) is 0 Å². The van der Waals surface area contributed by atoms with Crippen LogP contribution in [0.1, 0.15) is 19.8 Å². The second-order valence-corrected chi connectivity index (χ2v) is 5.95. The second kappa shape index (κ2) is 7.53. The van der Waals surface area contributed by atoms with E-state index in [4.69, 9.17) is 0 Å². The van der Waals surface area contributed by atoms with Gasteiger partial charge in [-0.05, 0) is 30.7 Å². The van der Waals surface area contributed by atoms with Crippen molar-refractivity contribution in [3.05, 3.63) is 28.7 Å². The molecule has 0 saturated carbocycles. The van der Waals surface area contributed by atoms with Crippen molar-refractivity contribution in [1.82, 2.24) is 10.2 Å². The van der Waals surface area contributed by atoms with Gasteiger partial charge in [0.1, 0.15) is 0 Å². The molecule has 0 aliphatic carbocycles. The number of rotatable bonds is 4. The first-order valence-electron chi connectivity index (χ1n) is 7.24. The number of halogens is 1. The van der Waals surface area contributed by atoms with E-state index in [9.17, 15) is 4.79 Å². The Balaban J connectivity index is 1.80. The normalized spacial score (nSPS) is 15.3. The Hall–Kier alpha value is -1.23. The number of carbonyl (C=O) groups is 1. The van der Waals surface area contributed by atoms with Gasteiger partial charge in [0.2, 0.25) is 0 Å². The molecule has 0 unspecified atom stereocenters. The van der Waals surface area contributed by atoms with Crippen LogP contribution in [0.3, 0.4) is 0 Å². The minimum atomic E-state index is 0.0777. The zero-order valence-electron chi connectivity index (χ0n) is 11.9. The van der Waals surface area contributed by atoms with Gasteiger partial charge >= 0.3 is 6.03 Å². The van der Waals surface area contributed by atoms with Crippen molar-refractivity contribution in [3.8, 4) is 0 Å². The SMILES string of the molecule is CCCCNC(=O)N1CCN(c2ccc(Br)cc2)CC1. The van der Waals surface area contributed by atoms with Crippen LogP contribution in [-0.2, 0) is 0 Å². The van der Waals surface area contributed by atoms with Gasteiger partial charge in [0.15, 0.2) is 0 Å². The van der Waals surface area contributed by atoms with Crippen molar-refractivity contribution in [2.75, 3.05) is 37.6 Å². The minimum absolute atomic E-state index is 0.0777. The second-order valence-electron chi connectivity index (χ2n) is 5.04. The van der Waals surface area contributed by atoms with Crippen LogP contribution in [0.5, 0.6) is 0 Å². The van der Waals surface area contributed by atoms with E-state index in [1.54, 1.807) is 0 Å². The fourth-order valence-electron chi connectivity index (χ4n) is 2.30. The molecule has 0 aromatic heterocycles. The molecule has 1 aliphatic rings. The molecule has 110 valence electrons. The molecule has 0 spiro atoms. The summed E-state index contributed by atoms with van der Waals surface area (Å²) < 4.78 is 1.09. The Kier molecular flexibility index (Phi) is 5.71. The van der Waals surface area contributed by atoms with Crippen LogP contribution in [0.4, 0.5) is 10.5 Å². The van der Waals surface area contributed by atoms with Gasteiger partial charge in [-0.25, -0.2) is 4.79 Å². The number of urea groups is 1. The van der Waals surface area contributed by atoms with Crippen molar-refractivity contribution in [2.24, 2.45) is 0 Å².